The van der Waals surface area contributed by atoms with Gasteiger partial charge in [0.15, 0.2) is 0 Å². The quantitative estimate of drug-likeness (QED) is 0.826. The van der Waals surface area contributed by atoms with Crippen molar-refractivity contribution in [3.63, 3.8) is 0 Å². The molecule has 1 aromatic carbocycles. The topological polar surface area (TPSA) is 56.3 Å². The van der Waals surface area contributed by atoms with Crippen molar-refractivity contribution in [3.8, 4) is 11.8 Å². The van der Waals surface area contributed by atoms with E-state index in [0.717, 1.165) is 11.3 Å². The van der Waals surface area contributed by atoms with Gasteiger partial charge in [0.25, 0.3) is 0 Å². The van der Waals surface area contributed by atoms with E-state index in [0.29, 0.717) is 18.3 Å². The number of aromatic nitrogens is 2. The number of anilines is 1. The monoisotopic (exact) mass is 291 g/mol. The first-order valence-electron chi connectivity index (χ1n) is 6.08. The lowest BCUT2D eigenvalue weighted by atomic mass is 10.2. The van der Waals surface area contributed by atoms with Crippen LogP contribution in [0.5, 0.6) is 11.8 Å². The molecule has 6 heteroatoms. The standard InChI is InChI=1S/C14H17N3O2S/c1-18-13-12(14(19-2)17-9-16-13)8-15-10-4-6-11(20-3)7-5-10/h4-7,9,15H,8H2,1-3H3. The van der Waals surface area contributed by atoms with Crippen LogP contribution >= 0.6 is 11.8 Å². The summed E-state index contributed by atoms with van der Waals surface area (Å²) in [5, 5.41) is 3.31. The van der Waals surface area contributed by atoms with Crippen molar-refractivity contribution in [1.29, 1.82) is 0 Å². The summed E-state index contributed by atoms with van der Waals surface area (Å²) in [7, 11) is 3.16. The van der Waals surface area contributed by atoms with Crippen LogP contribution in [0.3, 0.4) is 0 Å². The molecular formula is C14H17N3O2S. The molecule has 0 radical (unpaired) electrons. The van der Waals surface area contributed by atoms with Gasteiger partial charge in [0.2, 0.25) is 11.8 Å². The fourth-order valence-corrected chi connectivity index (χ4v) is 2.19. The Morgan fingerprint density at radius 1 is 1.05 bits per heavy atom. The third-order valence-corrected chi connectivity index (χ3v) is 3.56. The second-order valence-electron chi connectivity index (χ2n) is 3.95. The van der Waals surface area contributed by atoms with Gasteiger partial charge in [-0.3, -0.25) is 0 Å². The van der Waals surface area contributed by atoms with Gasteiger partial charge in [-0.25, -0.2) is 9.97 Å². The zero-order valence-corrected chi connectivity index (χ0v) is 12.5. The van der Waals surface area contributed by atoms with E-state index in [9.17, 15) is 0 Å². The van der Waals surface area contributed by atoms with Crippen molar-refractivity contribution in [2.24, 2.45) is 0 Å². The second kappa shape index (κ2) is 7.00. The summed E-state index contributed by atoms with van der Waals surface area (Å²) >= 11 is 1.72. The van der Waals surface area contributed by atoms with Gasteiger partial charge in [0.05, 0.1) is 26.3 Å². The first-order chi connectivity index (χ1) is 9.78. The summed E-state index contributed by atoms with van der Waals surface area (Å²) in [6.07, 6.45) is 3.48. The predicted molar refractivity (Wildman–Crippen MR) is 80.7 cm³/mol. The summed E-state index contributed by atoms with van der Waals surface area (Å²) in [5.41, 5.74) is 1.82. The molecule has 2 rings (SSSR count). The Hall–Kier alpha value is -1.95. The maximum Gasteiger partial charge on any atom is 0.225 e. The molecule has 1 heterocycles. The number of thioether (sulfide) groups is 1. The van der Waals surface area contributed by atoms with E-state index in [1.807, 2.05) is 12.1 Å². The third-order valence-electron chi connectivity index (χ3n) is 2.81. The Morgan fingerprint density at radius 3 is 2.15 bits per heavy atom. The Balaban J connectivity index is 2.13. The van der Waals surface area contributed by atoms with Crippen LogP contribution < -0.4 is 14.8 Å². The number of rotatable bonds is 6. The lowest BCUT2D eigenvalue weighted by Crippen LogP contribution is -2.06. The third kappa shape index (κ3) is 3.33. The van der Waals surface area contributed by atoms with E-state index in [-0.39, 0.29) is 0 Å². The lowest BCUT2D eigenvalue weighted by Gasteiger charge is -2.12. The molecule has 20 heavy (non-hydrogen) atoms. The highest BCUT2D eigenvalue weighted by atomic mass is 32.2. The zero-order valence-electron chi connectivity index (χ0n) is 11.7. The molecule has 2 aromatic rings. The first-order valence-corrected chi connectivity index (χ1v) is 7.30. The molecule has 0 fully saturated rings. The number of hydrogen-bond donors (Lipinski definition) is 1. The molecule has 0 aliphatic rings. The zero-order chi connectivity index (χ0) is 14.4. The van der Waals surface area contributed by atoms with Gasteiger partial charge in [-0.05, 0) is 30.5 Å². The van der Waals surface area contributed by atoms with Gasteiger partial charge in [0, 0.05) is 10.6 Å². The highest BCUT2D eigenvalue weighted by Crippen LogP contribution is 2.25. The van der Waals surface area contributed by atoms with Gasteiger partial charge in [-0.1, -0.05) is 0 Å². The number of methoxy groups -OCH3 is 2. The van der Waals surface area contributed by atoms with Crippen molar-refractivity contribution in [2.75, 3.05) is 25.8 Å². The lowest BCUT2D eigenvalue weighted by molar-refractivity contribution is 0.363. The fourth-order valence-electron chi connectivity index (χ4n) is 1.78. The Morgan fingerprint density at radius 2 is 1.65 bits per heavy atom. The van der Waals surface area contributed by atoms with Gasteiger partial charge < -0.3 is 14.8 Å². The SMILES string of the molecule is COc1ncnc(OC)c1CNc1ccc(SC)cc1. The largest absolute Gasteiger partial charge is 0.481 e. The van der Waals surface area contributed by atoms with E-state index in [1.165, 1.54) is 11.2 Å². The Labute approximate surface area is 122 Å². The molecule has 0 aliphatic carbocycles. The van der Waals surface area contributed by atoms with Crippen LogP contribution in [0.2, 0.25) is 0 Å². The minimum Gasteiger partial charge on any atom is -0.481 e. The highest BCUT2D eigenvalue weighted by molar-refractivity contribution is 7.98. The minimum atomic E-state index is 0.519. The molecule has 0 aliphatic heterocycles. The van der Waals surface area contributed by atoms with Crippen LogP contribution in [0.25, 0.3) is 0 Å². The Kier molecular flexibility index (Phi) is 5.06. The van der Waals surface area contributed by atoms with Crippen molar-refractivity contribution in [3.05, 3.63) is 36.2 Å². The number of benzene rings is 1. The number of nitrogens with zero attached hydrogens (tertiary/aromatic N) is 2. The van der Waals surface area contributed by atoms with Crippen molar-refractivity contribution in [2.45, 2.75) is 11.4 Å². The summed E-state index contributed by atoms with van der Waals surface area (Å²) in [6, 6.07) is 8.22. The van der Waals surface area contributed by atoms with E-state index < -0.39 is 0 Å². The van der Waals surface area contributed by atoms with Crippen LogP contribution in [-0.2, 0) is 6.54 Å². The van der Waals surface area contributed by atoms with Gasteiger partial charge >= 0.3 is 0 Å². The number of hydrogen-bond acceptors (Lipinski definition) is 6. The predicted octanol–water partition coefficient (Wildman–Crippen LogP) is 2.83. The van der Waals surface area contributed by atoms with Crippen LogP contribution in [0.4, 0.5) is 5.69 Å². The molecule has 0 saturated carbocycles. The molecule has 0 spiro atoms. The molecule has 0 atom stereocenters. The van der Waals surface area contributed by atoms with Crippen molar-refractivity contribution >= 4 is 17.4 Å². The first kappa shape index (κ1) is 14.5. The van der Waals surface area contributed by atoms with E-state index in [2.05, 4.69) is 33.7 Å². The summed E-state index contributed by atoms with van der Waals surface area (Å²) in [4.78, 5) is 9.41. The molecule has 0 saturated heterocycles. The smallest absolute Gasteiger partial charge is 0.225 e. The number of ether oxygens (including phenoxy) is 2. The van der Waals surface area contributed by atoms with E-state index in [4.69, 9.17) is 9.47 Å². The van der Waals surface area contributed by atoms with Crippen LogP contribution in [0, 0.1) is 0 Å². The van der Waals surface area contributed by atoms with E-state index in [1.54, 1.807) is 26.0 Å². The molecule has 0 bridgehead atoms. The minimum absolute atomic E-state index is 0.519. The Bertz CT molecular complexity index is 539. The van der Waals surface area contributed by atoms with Gasteiger partial charge in [-0.15, -0.1) is 11.8 Å². The number of nitrogens with one attached hydrogen (secondary N) is 1. The second-order valence-corrected chi connectivity index (χ2v) is 4.83. The molecule has 106 valence electrons. The fraction of sp³-hybridized carbons (Fsp3) is 0.286. The maximum absolute atomic E-state index is 5.24. The van der Waals surface area contributed by atoms with Crippen molar-refractivity contribution in [1.82, 2.24) is 9.97 Å². The average molecular weight is 291 g/mol. The van der Waals surface area contributed by atoms with Crippen LogP contribution in [0.15, 0.2) is 35.5 Å². The van der Waals surface area contributed by atoms with Gasteiger partial charge in [-0.2, -0.15) is 0 Å². The van der Waals surface area contributed by atoms with Crippen LogP contribution in [0.1, 0.15) is 5.56 Å². The molecular weight excluding hydrogens is 274 g/mol. The van der Waals surface area contributed by atoms with E-state index >= 15 is 0 Å². The molecule has 0 amide bonds. The van der Waals surface area contributed by atoms with Crippen molar-refractivity contribution < 1.29 is 9.47 Å². The molecule has 1 N–H and O–H groups in total. The molecule has 0 unspecified atom stereocenters. The van der Waals surface area contributed by atoms with Crippen LogP contribution in [-0.4, -0.2) is 30.4 Å². The highest BCUT2D eigenvalue weighted by Gasteiger charge is 2.12. The summed E-state index contributed by atoms with van der Waals surface area (Å²) in [6.45, 7) is 0.534. The summed E-state index contributed by atoms with van der Waals surface area (Å²) in [5.74, 6) is 1.04. The van der Waals surface area contributed by atoms with Gasteiger partial charge in [0.1, 0.15) is 6.33 Å². The molecule has 5 nitrogen and oxygen atoms in total. The normalized spacial score (nSPS) is 10.2. The average Bonchev–Trinajstić information content (AvgIpc) is 2.52. The summed E-state index contributed by atoms with van der Waals surface area (Å²) < 4.78 is 10.5. The molecule has 1 aromatic heterocycles. The maximum atomic E-state index is 5.24.